The number of carbonyl (C=O) groups excluding carboxylic acids is 1. The van der Waals surface area contributed by atoms with Gasteiger partial charge in [-0.25, -0.2) is 0 Å². The molecule has 6 N–H and O–H groups in total. The first kappa shape index (κ1) is 52.6. The molecule has 3 fully saturated rings. The second-order valence-electron chi connectivity index (χ2n) is 20.0. The van der Waals surface area contributed by atoms with Crippen molar-refractivity contribution in [3.63, 3.8) is 0 Å². The van der Waals surface area contributed by atoms with Crippen LogP contribution in [0.25, 0.3) is 0 Å². The minimum absolute atomic E-state index is 0.0881. The molecular formula is C47H83N3O12. The van der Waals surface area contributed by atoms with E-state index in [1.807, 2.05) is 86.0 Å². The molecule has 0 radical (unpaired) electrons. The molecule has 0 saturated carbocycles. The van der Waals surface area contributed by atoms with E-state index in [1.165, 1.54) is 6.92 Å². The highest BCUT2D eigenvalue weighted by molar-refractivity contribution is 5.73. The first-order chi connectivity index (χ1) is 28.8. The molecule has 15 heteroatoms. The third-order valence-electron chi connectivity index (χ3n) is 14.0. The molecule has 0 spiro atoms. The maximum absolute atomic E-state index is 14.5. The number of benzene rings is 1. The van der Waals surface area contributed by atoms with Crippen LogP contribution < -0.4 is 15.4 Å². The number of cyclic esters (lactones) is 1. The number of rotatable bonds is 12. The number of aliphatic hydroxyl groups excluding tert-OH is 1. The maximum Gasteiger partial charge on any atom is 0.311 e. The van der Waals surface area contributed by atoms with Crippen molar-refractivity contribution in [3.8, 4) is 5.75 Å². The molecule has 0 bridgehead atoms. The van der Waals surface area contributed by atoms with Crippen LogP contribution in [0, 0.1) is 17.8 Å². The molecule has 4 rings (SSSR count). The number of carbonyl (C=O) groups is 1. The molecule has 358 valence electrons. The predicted molar refractivity (Wildman–Crippen MR) is 236 cm³/mol. The number of nitrogens with one attached hydrogen (secondary N) is 2. The Balaban J connectivity index is 1.86. The lowest BCUT2D eigenvalue weighted by Crippen LogP contribution is -2.70. The molecule has 0 aromatic heterocycles. The summed E-state index contributed by atoms with van der Waals surface area (Å²) in [6, 6.07) is 8.85. The Morgan fingerprint density at radius 1 is 0.952 bits per heavy atom. The fourth-order valence-corrected chi connectivity index (χ4v) is 9.88. The standard InChI is InChI=1S/C47H83N3O12/c1-16-36-46(12,54)40(51)32(8)48-25-28(4)23-44(10,53)41(62-43-39(59-34-20-18-17-19-21-34)35(50(13)14)22-29(5)57-43)30(6)38(31(7)42(52)60-36)61-37-24-45(11,56-15)47(55,33(9)58-37)26-49-27(2)3/h17-21,27-33,35-41,43,48-49,51,53-55H,16,22-26H2,1-15H3/t28-,29-,30+,31-,32-,33+,35+,36-,37+,38+,39-,40-,41-,43+,44-,45-,46-,47+/m1/s1. The van der Waals surface area contributed by atoms with Gasteiger partial charge in [0, 0.05) is 38.1 Å². The van der Waals surface area contributed by atoms with Gasteiger partial charge in [-0.1, -0.05) is 52.8 Å². The van der Waals surface area contributed by atoms with E-state index in [-0.39, 0.29) is 49.9 Å². The highest BCUT2D eigenvalue weighted by Crippen LogP contribution is 2.43. The van der Waals surface area contributed by atoms with Crippen molar-refractivity contribution in [2.45, 2.75) is 205 Å². The van der Waals surface area contributed by atoms with Crippen LogP contribution in [0.2, 0.25) is 0 Å². The topological polar surface area (TPSA) is 190 Å². The van der Waals surface area contributed by atoms with Crippen molar-refractivity contribution in [2.24, 2.45) is 17.8 Å². The molecule has 3 heterocycles. The van der Waals surface area contributed by atoms with Crippen molar-refractivity contribution < 1.29 is 58.4 Å². The van der Waals surface area contributed by atoms with Crippen LogP contribution >= 0.6 is 0 Å². The van der Waals surface area contributed by atoms with Crippen LogP contribution in [0.15, 0.2) is 30.3 Å². The van der Waals surface area contributed by atoms with Crippen LogP contribution in [0.3, 0.4) is 0 Å². The van der Waals surface area contributed by atoms with Gasteiger partial charge < -0.3 is 69.1 Å². The zero-order valence-electron chi connectivity index (χ0n) is 40.3. The second-order valence-corrected chi connectivity index (χ2v) is 20.0. The molecule has 0 amide bonds. The highest BCUT2D eigenvalue weighted by atomic mass is 16.7. The lowest BCUT2D eigenvalue weighted by molar-refractivity contribution is -0.336. The monoisotopic (exact) mass is 882 g/mol. The Hall–Kier alpha value is -1.99. The molecule has 3 aliphatic heterocycles. The van der Waals surface area contributed by atoms with Gasteiger partial charge in [0.05, 0.1) is 42.0 Å². The summed E-state index contributed by atoms with van der Waals surface area (Å²) in [6.07, 6.45) is -6.83. The van der Waals surface area contributed by atoms with Gasteiger partial charge >= 0.3 is 5.97 Å². The second kappa shape index (κ2) is 21.5. The average molecular weight is 882 g/mol. The number of aliphatic hydroxyl groups is 4. The van der Waals surface area contributed by atoms with E-state index in [4.69, 9.17) is 33.2 Å². The average Bonchev–Trinajstić information content (AvgIpc) is 3.20. The smallest absolute Gasteiger partial charge is 0.311 e. The Labute approximate surface area is 371 Å². The number of methoxy groups -OCH3 is 1. The zero-order chi connectivity index (χ0) is 46.5. The number of hydrogen-bond acceptors (Lipinski definition) is 15. The van der Waals surface area contributed by atoms with Gasteiger partial charge in [-0.3, -0.25) is 4.79 Å². The summed E-state index contributed by atoms with van der Waals surface area (Å²) in [4.78, 5) is 16.6. The maximum atomic E-state index is 14.5. The van der Waals surface area contributed by atoms with Gasteiger partial charge in [-0.15, -0.1) is 0 Å². The van der Waals surface area contributed by atoms with Crippen molar-refractivity contribution in [3.05, 3.63) is 30.3 Å². The SMILES string of the molecule is CC[C@H]1OC(=O)[C@H](C)[C@@H](O[C@H]2C[C@@](C)(OC)[C@](O)(CNC(C)C)[C@H](C)O2)[C@H](C)[C@@H](O[C@@H]2O[C@H](C)C[C@H](N(C)C)[C@H]2Oc2ccccc2)[C@](C)(O)C[C@@H](C)CN[C@H](C)[C@@H](O)[C@]1(C)O. The number of ether oxygens (including phenoxy) is 7. The number of likely N-dealkylation sites (N-methyl/N-ethyl adjacent to an activating group) is 1. The first-order valence-corrected chi connectivity index (χ1v) is 22.9. The van der Waals surface area contributed by atoms with Crippen LogP contribution in [0.4, 0.5) is 0 Å². The van der Waals surface area contributed by atoms with E-state index >= 15 is 0 Å². The molecule has 15 nitrogen and oxygen atoms in total. The summed E-state index contributed by atoms with van der Waals surface area (Å²) in [6.45, 7) is 22.5. The highest BCUT2D eigenvalue weighted by Gasteiger charge is 2.58. The fourth-order valence-electron chi connectivity index (χ4n) is 9.88. The Kier molecular flexibility index (Phi) is 18.3. The van der Waals surface area contributed by atoms with Gasteiger partial charge in [0.1, 0.15) is 34.8 Å². The van der Waals surface area contributed by atoms with Crippen LogP contribution in [-0.2, 0) is 33.2 Å². The van der Waals surface area contributed by atoms with Crippen molar-refractivity contribution in [2.75, 3.05) is 34.3 Å². The summed E-state index contributed by atoms with van der Waals surface area (Å²) < 4.78 is 46.1. The van der Waals surface area contributed by atoms with E-state index in [2.05, 4.69) is 15.5 Å². The molecule has 0 unspecified atom stereocenters. The van der Waals surface area contributed by atoms with Crippen LogP contribution in [-0.4, -0.2) is 161 Å². The van der Waals surface area contributed by atoms with E-state index in [0.717, 1.165) is 0 Å². The molecule has 1 aromatic rings. The molecule has 1 aromatic carbocycles. The zero-order valence-corrected chi connectivity index (χ0v) is 40.3. The minimum Gasteiger partial charge on any atom is -0.483 e. The predicted octanol–water partition coefficient (Wildman–Crippen LogP) is 4.01. The summed E-state index contributed by atoms with van der Waals surface area (Å²) in [5.74, 6) is -1.99. The minimum atomic E-state index is -1.82. The quantitative estimate of drug-likeness (QED) is 0.165. The molecular weight excluding hydrogens is 799 g/mol. The van der Waals surface area contributed by atoms with Gasteiger partial charge in [0.15, 0.2) is 18.7 Å². The summed E-state index contributed by atoms with van der Waals surface area (Å²) in [5, 5.41) is 55.0. The summed E-state index contributed by atoms with van der Waals surface area (Å²) in [7, 11) is 5.53. The number of nitrogens with zero attached hydrogens (tertiary/aromatic N) is 1. The third-order valence-corrected chi connectivity index (χ3v) is 14.0. The van der Waals surface area contributed by atoms with E-state index in [1.54, 1.807) is 41.7 Å². The van der Waals surface area contributed by atoms with E-state index < -0.39 is 95.5 Å². The number of hydrogen-bond donors (Lipinski definition) is 6. The van der Waals surface area contributed by atoms with Gasteiger partial charge in [0.2, 0.25) is 0 Å². The molecule has 62 heavy (non-hydrogen) atoms. The van der Waals surface area contributed by atoms with E-state index in [0.29, 0.717) is 18.7 Å². The first-order valence-electron chi connectivity index (χ1n) is 22.9. The van der Waals surface area contributed by atoms with Crippen LogP contribution in [0.1, 0.15) is 109 Å². The van der Waals surface area contributed by atoms with Gasteiger partial charge in [-0.2, -0.15) is 0 Å². The van der Waals surface area contributed by atoms with Crippen molar-refractivity contribution in [1.82, 2.24) is 15.5 Å². The lowest BCUT2D eigenvalue weighted by Gasteiger charge is -2.54. The fraction of sp³-hybridized carbons (Fsp3) is 0.851. The Morgan fingerprint density at radius 2 is 1.60 bits per heavy atom. The van der Waals surface area contributed by atoms with Crippen molar-refractivity contribution >= 4 is 5.97 Å². The van der Waals surface area contributed by atoms with Gasteiger partial charge in [-0.05, 0) is 106 Å². The normalized spacial score (nSPS) is 44.4. The largest absolute Gasteiger partial charge is 0.483 e. The van der Waals surface area contributed by atoms with Gasteiger partial charge in [0.25, 0.3) is 0 Å². The van der Waals surface area contributed by atoms with Crippen molar-refractivity contribution in [1.29, 1.82) is 0 Å². The van der Waals surface area contributed by atoms with E-state index in [9.17, 15) is 25.2 Å². The lowest BCUT2D eigenvalue weighted by atomic mass is 9.75. The molecule has 3 aliphatic rings. The summed E-state index contributed by atoms with van der Waals surface area (Å²) in [5.41, 5.74) is -5.99. The Morgan fingerprint density at radius 3 is 2.18 bits per heavy atom. The number of esters is 1. The third kappa shape index (κ3) is 12.1. The molecule has 0 aliphatic carbocycles. The molecule has 3 saturated heterocycles. The Bertz CT molecular complexity index is 1540. The van der Waals surface area contributed by atoms with Crippen LogP contribution in [0.5, 0.6) is 5.75 Å². The summed E-state index contributed by atoms with van der Waals surface area (Å²) >= 11 is 0. The number of para-hydroxylation sites is 1. The molecule has 18 atom stereocenters.